The largest absolute Gasteiger partial charge is 0.477 e. The second-order valence-electron chi connectivity index (χ2n) is 6.05. The minimum absolute atomic E-state index is 0.224. The summed E-state index contributed by atoms with van der Waals surface area (Å²) in [7, 11) is 3.96. The average molecular weight is 363 g/mol. The van der Waals surface area contributed by atoms with Crippen LogP contribution in [0.2, 0.25) is 0 Å². The van der Waals surface area contributed by atoms with Crippen LogP contribution in [0.3, 0.4) is 0 Å². The van der Waals surface area contributed by atoms with Crippen LogP contribution in [0.1, 0.15) is 20.9 Å². The zero-order chi connectivity index (χ0) is 18.8. The summed E-state index contributed by atoms with van der Waals surface area (Å²) in [5, 5.41) is 19.4. The van der Waals surface area contributed by atoms with Crippen LogP contribution in [0.15, 0.2) is 42.5 Å². The van der Waals surface area contributed by atoms with Crippen LogP contribution in [0, 0.1) is 18.3 Å². The van der Waals surface area contributed by atoms with Crippen LogP contribution in [-0.2, 0) is 0 Å². The first kappa shape index (κ1) is 17.6. The highest BCUT2D eigenvalue weighted by atomic mass is 32.1. The smallest absolute Gasteiger partial charge is 0.347 e. The third-order valence-corrected chi connectivity index (χ3v) is 5.27. The van der Waals surface area contributed by atoms with E-state index < -0.39 is 5.97 Å². The number of rotatable bonds is 4. The predicted octanol–water partition coefficient (Wildman–Crippen LogP) is 4.42. The van der Waals surface area contributed by atoms with Gasteiger partial charge in [0.25, 0.3) is 0 Å². The van der Waals surface area contributed by atoms with Crippen molar-refractivity contribution in [3.63, 3.8) is 0 Å². The van der Waals surface area contributed by atoms with Crippen LogP contribution < -0.4 is 4.90 Å². The number of hydrogen-bond acceptors (Lipinski definition) is 5. The summed E-state index contributed by atoms with van der Waals surface area (Å²) in [4.78, 5) is 17.8. The lowest BCUT2D eigenvalue weighted by Crippen LogP contribution is -2.07. The number of carboxylic acid groups (broad SMARTS) is 1. The molecule has 3 aromatic rings. The minimum Gasteiger partial charge on any atom is -0.477 e. The van der Waals surface area contributed by atoms with Crippen LogP contribution in [0.25, 0.3) is 21.7 Å². The van der Waals surface area contributed by atoms with E-state index in [0.717, 1.165) is 33.7 Å². The first-order valence-electron chi connectivity index (χ1n) is 7.93. The van der Waals surface area contributed by atoms with Crippen molar-refractivity contribution in [1.82, 2.24) is 4.98 Å². The summed E-state index contributed by atoms with van der Waals surface area (Å²) in [6.45, 7) is 1.68. The Morgan fingerprint density at radius 1 is 1.15 bits per heavy atom. The lowest BCUT2D eigenvalue weighted by Gasteiger charge is -2.13. The molecule has 130 valence electrons. The Balaban J connectivity index is 2.02. The molecule has 2 aromatic carbocycles. The molecule has 0 bridgehead atoms. The maximum Gasteiger partial charge on any atom is 0.347 e. The monoisotopic (exact) mass is 363 g/mol. The Morgan fingerprint density at radius 3 is 2.35 bits per heavy atom. The molecular weight excluding hydrogens is 346 g/mol. The van der Waals surface area contributed by atoms with E-state index >= 15 is 0 Å². The van der Waals surface area contributed by atoms with Crippen LogP contribution in [0.4, 0.5) is 5.69 Å². The molecule has 0 aliphatic rings. The second-order valence-corrected chi connectivity index (χ2v) is 7.05. The van der Waals surface area contributed by atoms with E-state index in [9.17, 15) is 15.2 Å². The van der Waals surface area contributed by atoms with E-state index in [-0.39, 0.29) is 4.88 Å². The molecule has 26 heavy (non-hydrogen) atoms. The SMILES string of the molecule is Cc1nc(-c2ccc(-c3ccc(N(C)C)cc3)c(C#N)c2)sc1C(=O)O. The van der Waals surface area contributed by atoms with Gasteiger partial charge in [-0.15, -0.1) is 11.3 Å². The number of aryl methyl sites for hydroxylation is 1. The predicted molar refractivity (Wildman–Crippen MR) is 104 cm³/mol. The van der Waals surface area contributed by atoms with Crippen molar-refractivity contribution in [1.29, 1.82) is 5.26 Å². The van der Waals surface area contributed by atoms with Gasteiger partial charge in [0.2, 0.25) is 0 Å². The van der Waals surface area contributed by atoms with E-state index in [1.165, 1.54) is 0 Å². The number of anilines is 1. The molecule has 0 aliphatic carbocycles. The molecule has 1 aromatic heterocycles. The molecule has 0 spiro atoms. The van der Waals surface area contributed by atoms with Gasteiger partial charge in [-0.25, -0.2) is 9.78 Å². The van der Waals surface area contributed by atoms with Gasteiger partial charge in [-0.2, -0.15) is 5.26 Å². The van der Waals surface area contributed by atoms with Crippen molar-refractivity contribution >= 4 is 23.0 Å². The number of benzene rings is 2. The number of carbonyl (C=O) groups is 1. The second kappa shape index (κ2) is 6.98. The van der Waals surface area contributed by atoms with Crippen molar-refractivity contribution in [2.75, 3.05) is 19.0 Å². The molecule has 0 radical (unpaired) electrons. The number of nitrogens with zero attached hydrogens (tertiary/aromatic N) is 3. The Kier molecular flexibility index (Phi) is 4.74. The number of aromatic nitrogens is 1. The quantitative estimate of drug-likeness (QED) is 0.742. The molecule has 1 heterocycles. The van der Waals surface area contributed by atoms with Crippen LogP contribution in [0.5, 0.6) is 0 Å². The number of thiazole rings is 1. The van der Waals surface area contributed by atoms with Gasteiger partial charge in [0.1, 0.15) is 9.88 Å². The van der Waals surface area contributed by atoms with Gasteiger partial charge in [0, 0.05) is 25.3 Å². The summed E-state index contributed by atoms with van der Waals surface area (Å²) < 4.78 is 0. The van der Waals surface area contributed by atoms with E-state index in [1.54, 1.807) is 13.0 Å². The van der Waals surface area contributed by atoms with Crippen LogP contribution >= 0.6 is 11.3 Å². The first-order valence-corrected chi connectivity index (χ1v) is 8.75. The molecule has 1 N–H and O–H groups in total. The lowest BCUT2D eigenvalue weighted by molar-refractivity contribution is 0.0701. The third-order valence-electron chi connectivity index (χ3n) is 4.07. The van der Waals surface area contributed by atoms with Crippen molar-refractivity contribution in [2.24, 2.45) is 0 Å². The van der Waals surface area contributed by atoms with Gasteiger partial charge in [0.15, 0.2) is 0 Å². The summed E-state index contributed by atoms with van der Waals surface area (Å²) >= 11 is 1.12. The standard InChI is InChI=1S/C20H17N3O2S/c1-12-18(20(24)25)26-19(22-12)14-6-9-17(15(10-14)11-21)13-4-7-16(8-5-13)23(2)3/h4-10H,1-3H3,(H,24,25). The molecule has 0 amide bonds. The highest BCUT2D eigenvalue weighted by Gasteiger charge is 2.16. The topological polar surface area (TPSA) is 77.2 Å². The van der Waals surface area contributed by atoms with E-state index in [1.807, 2.05) is 55.4 Å². The average Bonchev–Trinajstić information content (AvgIpc) is 3.03. The zero-order valence-corrected chi connectivity index (χ0v) is 15.5. The Bertz CT molecular complexity index is 1010. The Labute approximate surface area is 155 Å². The summed E-state index contributed by atoms with van der Waals surface area (Å²) in [5.74, 6) is -0.982. The van der Waals surface area contributed by atoms with Gasteiger partial charge in [-0.1, -0.05) is 24.3 Å². The maximum absolute atomic E-state index is 11.2. The zero-order valence-electron chi connectivity index (χ0n) is 14.6. The lowest BCUT2D eigenvalue weighted by atomic mass is 9.98. The molecule has 0 atom stereocenters. The Hall–Kier alpha value is -3.17. The van der Waals surface area contributed by atoms with Gasteiger partial charge in [-0.3, -0.25) is 0 Å². The molecule has 0 saturated carbocycles. The molecule has 6 heteroatoms. The molecule has 0 aliphatic heterocycles. The van der Waals surface area contributed by atoms with E-state index in [4.69, 9.17) is 0 Å². The number of carboxylic acids is 1. The normalized spacial score (nSPS) is 10.4. The fraction of sp³-hybridized carbons (Fsp3) is 0.150. The maximum atomic E-state index is 11.2. The van der Waals surface area contributed by atoms with Crippen molar-refractivity contribution < 1.29 is 9.90 Å². The number of aromatic carboxylic acids is 1. The summed E-state index contributed by atoms with van der Waals surface area (Å²) in [6, 6.07) is 15.7. The van der Waals surface area contributed by atoms with Gasteiger partial charge >= 0.3 is 5.97 Å². The summed E-state index contributed by atoms with van der Waals surface area (Å²) in [6.07, 6.45) is 0. The molecule has 0 saturated heterocycles. The molecule has 0 fully saturated rings. The van der Waals surface area contributed by atoms with E-state index in [0.29, 0.717) is 16.3 Å². The van der Waals surface area contributed by atoms with Crippen molar-refractivity contribution in [3.8, 4) is 27.8 Å². The molecule has 5 nitrogen and oxygen atoms in total. The third kappa shape index (κ3) is 3.30. The molecule has 0 unspecified atom stereocenters. The molecular formula is C20H17N3O2S. The van der Waals surface area contributed by atoms with Gasteiger partial charge in [0.05, 0.1) is 17.3 Å². The van der Waals surface area contributed by atoms with E-state index in [2.05, 4.69) is 11.1 Å². The van der Waals surface area contributed by atoms with Crippen molar-refractivity contribution in [2.45, 2.75) is 6.92 Å². The number of nitriles is 1. The fourth-order valence-electron chi connectivity index (χ4n) is 2.68. The summed E-state index contributed by atoms with van der Waals surface area (Å²) in [5.41, 5.74) is 4.65. The van der Waals surface area contributed by atoms with Gasteiger partial charge in [-0.05, 0) is 36.2 Å². The van der Waals surface area contributed by atoms with Crippen molar-refractivity contribution in [3.05, 3.63) is 58.6 Å². The van der Waals surface area contributed by atoms with Crippen LogP contribution in [-0.4, -0.2) is 30.2 Å². The fourth-order valence-corrected chi connectivity index (χ4v) is 3.58. The minimum atomic E-state index is -0.982. The highest BCUT2D eigenvalue weighted by molar-refractivity contribution is 7.17. The van der Waals surface area contributed by atoms with Gasteiger partial charge < -0.3 is 10.0 Å². The highest BCUT2D eigenvalue weighted by Crippen LogP contribution is 2.32. The Morgan fingerprint density at radius 2 is 1.81 bits per heavy atom. The molecule has 3 rings (SSSR count). The first-order chi connectivity index (χ1) is 12.4. The number of hydrogen-bond donors (Lipinski definition) is 1.